The van der Waals surface area contributed by atoms with Gasteiger partial charge in [0, 0.05) is 6.20 Å². The van der Waals surface area contributed by atoms with Crippen molar-refractivity contribution < 1.29 is 0 Å². The maximum absolute atomic E-state index is 6.46. The minimum absolute atomic E-state index is 0.653. The van der Waals surface area contributed by atoms with Gasteiger partial charge in [0.25, 0.3) is 0 Å². The summed E-state index contributed by atoms with van der Waals surface area (Å²) in [5, 5.41) is 3.79. The number of nitrogens with zero attached hydrogens (tertiary/aromatic N) is 2. The minimum Gasteiger partial charge on any atom is -0.203 e. The standard InChI is InChI=1S/C3H3N3S/c4-6-3-1-2-5-7-3/h1-2,4H. The molecular weight excluding hydrogens is 110 g/mol. The number of hydrogen-bond acceptors (Lipinski definition) is 4. The van der Waals surface area contributed by atoms with Crippen LogP contribution in [0.4, 0.5) is 5.00 Å². The number of nitrogens with one attached hydrogen (secondary N) is 1. The van der Waals surface area contributed by atoms with Crippen LogP contribution < -0.4 is 0 Å². The molecule has 0 aromatic carbocycles. The summed E-state index contributed by atoms with van der Waals surface area (Å²) in [6.07, 6.45) is 1.62. The van der Waals surface area contributed by atoms with Gasteiger partial charge < -0.3 is 0 Å². The van der Waals surface area contributed by atoms with Crippen LogP contribution in [0.5, 0.6) is 0 Å². The molecule has 0 saturated heterocycles. The first-order valence-corrected chi connectivity index (χ1v) is 2.49. The van der Waals surface area contributed by atoms with E-state index in [-0.39, 0.29) is 0 Å². The van der Waals surface area contributed by atoms with E-state index in [1.807, 2.05) is 0 Å². The van der Waals surface area contributed by atoms with Crippen LogP contribution in [0, 0.1) is 5.53 Å². The average Bonchev–Trinajstić information content (AvgIpc) is 2.14. The largest absolute Gasteiger partial charge is 0.203 e. The fourth-order valence-corrected chi connectivity index (χ4v) is 0.659. The Hall–Kier alpha value is -0.770. The van der Waals surface area contributed by atoms with Crippen molar-refractivity contribution in [2.45, 2.75) is 0 Å². The topological polar surface area (TPSA) is 49.1 Å². The van der Waals surface area contributed by atoms with E-state index in [0.29, 0.717) is 5.00 Å². The van der Waals surface area contributed by atoms with Crippen molar-refractivity contribution in [1.29, 1.82) is 5.53 Å². The zero-order chi connectivity index (χ0) is 5.11. The molecular formula is C3H3N3S. The van der Waals surface area contributed by atoms with Gasteiger partial charge in [0.05, 0.1) is 0 Å². The molecule has 0 aliphatic rings. The maximum Gasteiger partial charge on any atom is 0.158 e. The van der Waals surface area contributed by atoms with E-state index in [9.17, 15) is 0 Å². The second-order valence-corrected chi connectivity index (χ2v) is 1.77. The fourth-order valence-electron chi connectivity index (χ4n) is 0.267. The predicted molar refractivity (Wildman–Crippen MR) is 26.9 cm³/mol. The Labute approximate surface area is 44.7 Å². The molecule has 4 heteroatoms. The molecule has 0 aliphatic heterocycles. The van der Waals surface area contributed by atoms with Crippen LogP contribution in [-0.4, -0.2) is 4.37 Å². The highest BCUT2D eigenvalue weighted by atomic mass is 32.1. The summed E-state index contributed by atoms with van der Waals surface area (Å²) in [6.45, 7) is 0. The lowest BCUT2D eigenvalue weighted by Gasteiger charge is -1.66. The Kier molecular flexibility index (Phi) is 1.12. The van der Waals surface area contributed by atoms with E-state index in [1.54, 1.807) is 12.3 Å². The third kappa shape index (κ3) is 0.806. The first-order chi connectivity index (χ1) is 3.43. The molecule has 0 fully saturated rings. The Bertz CT molecular complexity index is 145. The second-order valence-electron chi connectivity index (χ2n) is 0.962. The van der Waals surface area contributed by atoms with Gasteiger partial charge in [-0.25, -0.2) is 5.53 Å². The van der Waals surface area contributed by atoms with Gasteiger partial charge in [-0.2, -0.15) is 4.37 Å². The van der Waals surface area contributed by atoms with E-state index < -0.39 is 0 Å². The van der Waals surface area contributed by atoms with E-state index >= 15 is 0 Å². The van der Waals surface area contributed by atoms with Crippen LogP contribution in [0.1, 0.15) is 0 Å². The minimum atomic E-state index is 0.653. The lowest BCUT2D eigenvalue weighted by molar-refractivity contribution is 1.17. The highest BCUT2D eigenvalue weighted by Gasteiger charge is 1.83. The van der Waals surface area contributed by atoms with Crippen molar-refractivity contribution in [2.24, 2.45) is 5.11 Å². The number of aromatic nitrogens is 1. The number of hydrogen-bond donors (Lipinski definition) is 1. The molecule has 0 spiro atoms. The normalized spacial score (nSPS) is 8.57. The van der Waals surface area contributed by atoms with E-state index in [4.69, 9.17) is 5.53 Å². The Morgan fingerprint density at radius 3 is 3.00 bits per heavy atom. The van der Waals surface area contributed by atoms with Gasteiger partial charge in [-0.1, -0.05) is 0 Å². The molecule has 1 aromatic rings. The monoisotopic (exact) mass is 113 g/mol. The van der Waals surface area contributed by atoms with Gasteiger partial charge in [0.2, 0.25) is 0 Å². The van der Waals surface area contributed by atoms with Crippen LogP contribution in [-0.2, 0) is 0 Å². The zero-order valence-corrected chi connectivity index (χ0v) is 4.27. The van der Waals surface area contributed by atoms with Crippen molar-refractivity contribution in [3.63, 3.8) is 0 Å². The molecule has 3 nitrogen and oxygen atoms in total. The van der Waals surface area contributed by atoms with Crippen molar-refractivity contribution >= 4 is 16.5 Å². The average molecular weight is 113 g/mol. The maximum atomic E-state index is 6.46. The molecule has 0 bridgehead atoms. The molecule has 36 valence electrons. The van der Waals surface area contributed by atoms with Crippen LogP contribution in [0.15, 0.2) is 17.4 Å². The van der Waals surface area contributed by atoms with E-state index in [0.717, 1.165) is 0 Å². The third-order valence-corrected chi connectivity index (χ3v) is 1.18. The lowest BCUT2D eigenvalue weighted by Crippen LogP contribution is -1.35. The van der Waals surface area contributed by atoms with Gasteiger partial charge in [0.15, 0.2) is 5.00 Å². The van der Waals surface area contributed by atoms with Gasteiger partial charge in [-0.3, -0.25) is 0 Å². The molecule has 1 heterocycles. The van der Waals surface area contributed by atoms with Gasteiger partial charge >= 0.3 is 0 Å². The highest BCUT2D eigenvalue weighted by Crippen LogP contribution is 2.13. The van der Waals surface area contributed by atoms with Gasteiger partial charge in [0.1, 0.15) is 0 Å². The SMILES string of the molecule is N=Nc1ccns1. The first-order valence-electron chi connectivity index (χ1n) is 1.71. The molecule has 0 amide bonds. The molecule has 0 aliphatic carbocycles. The summed E-state index contributed by atoms with van der Waals surface area (Å²) in [5.74, 6) is 0. The quantitative estimate of drug-likeness (QED) is 0.554. The molecule has 0 saturated carbocycles. The van der Waals surface area contributed by atoms with Crippen LogP contribution >= 0.6 is 11.5 Å². The Balaban J connectivity index is 2.96. The molecule has 1 rings (SSSR count). The molecule has 7 heavy (non-hydrogen) atoms. The zero-order valence-electron chi connectivity index (χ0n) is 3.46. The summed E-state index contributed by atoms with van der Waals surface area (Å²) in [6, 6.07) is 1.69. The van der Waals surface area contributed by atoms with Gasteiger partial charge in [-0.05, 0) is 17.6 Å². The molecule has 0 radical (unpaired) electrons. The Morgan fingerprint density at radius 2 is 2.71 bits per heavy atom. The Morgan fingerprint density at radius 1 is 1.86 bits per heavy atom. The van der Waals surface area contributed by atoms with Crippen LogP contribution in [0.25, 0.3) is 0 Å². The summed E-state index contributed by atoms with van der Waals surface area (Å²) in [4.78, 5) is 0. The van der Waals surface area contributed by atoms with Crippen molar-refractivity contribution in [3.8, 4) is 0 Å². The van der Waals surface area contributed by atoms with Crippen molar-refractivity contribution in [1.82, 2.24) is 4.37 Å². The van der Waals surface area contributed by atoms with Crippen LogP contribution in [0.3, 0.4) is 0 Å². The summed E-state index contributed by atoms with van der Waals surface area (Å²) >= 11 is 1.22. The number of rotatable bonds is 1. The molecule has 0 atom stereocenters. The highest BCUT2D eigenvalue weighted by molar-refractivity contribution is 7.09. The smallest absolute Gasteiger partial charge is 0.158 e. The molecule has 1 N–H and O–H groups in total. The predicted octanol–water partition coefficient (Wildman–Crippen LogP) is 1.81. The summed E-state index contributed by atoms with van der Waals surface area (Å²) in [7, 11) is 0. The summed E-state index contributed by atoms with van der Waals surface area (Å²) in [5.41, 5.74) is 6.46. The van der Waals surface area contributed by atoms with Crippen LogP contribution in [0.2, 0.25) is 0 Å². The van der Waals surface area contributed by atoms with E-state index in [1.165, 1.54) is 11.5 Å². The lowest BCUT2D eigenvalue weighted by atomic mass is 10.7. The van der Waals surface area contributed by atoms with E-state index in [2.05, 4.69) is 9.49 Å². The first kappa shape index (κ1) is 4.39. The third-order valence-electron chi connectivity index (χ3n) is 0.534. The van der Waals surface area contributed by atoms with Crippen molar-refractivity contribution in [3.05, 3.63) is 12.3 Å². The summed E-state index contributed by atoms with van der Waals surface area (Å²) < 4.78 is 3.72. The van der Waals surface area contributed by atoms with Gasteiger partial charge in [-0.15, -0.1) is 5.11 Å². The fraction of sp³-hybridized carbons (Fsp3) is 0. The molecule has 0 unspecified atom stereocenters. The molecule has 1 aromatic heterocycles. The second kappa shape index (κ2) is 1.79. The van der Waals surface area contributed by atoms with Crippen molar-refractivity contribution in [2.75, 3.05) is 0 Å².